The molecule has 0 rings (SSSR count). The van der Waals surface area contributed by atoms with E-state index in [0.717, 1.165) is 0 Å². The molecule has 0 spiro atoms. The molecule has 0 aromatic rings. The zero-order valence-corrected chi connectivity index (χ0v) is 11.4. The van der Waals surface area contributed by atoms with Crippen molar-refractivity contribution in [2.75, 3.05) is 7.11 Å². The summed E-state index contributed by atoms with van der Waals surface area (Å²) in [6.45, 7) is 13.8. The van der Waals surface area contributed by atoms with Crippen LogP contribution in [0, 0.1) is 0 Å². The van der Waals surface area contributed by atoms with Crippen molar-refractivity contribution in [2.45, 2.75) is 49.5 Å². The van der Waals surface area contributed by atoms with Gasteiger partial charge in [-0.3, -0.25) is 0 Å². The van der Waals surface area contributed by atoms with Crippen LogP contribution in [0.25, 0.3) is 0 Å². The van der Waals surface area contributed by atoms with Crippen LogP contribution >= 0.6 is 0 Å². The van der Waals surface area contributed by atoms with Crippen molar-refractivity contribution in [3.8, 4) is 0 Å². The summed E-state index contributed by atoms with van der Waals surface area (Å²) in [5.41, 5.74) is 0. The SMILES string of the molecule is C[O][Ga]([C](C)(C)C)[C](C)(C)C. The van der Waals surface area contributed by atoms with Crippen molar-refractivity contribution in [1.82, 2.24) is 0 Å². The quantitative estimate of drug-likeness (QED) is 0.610. The third-order valence-corrected chi connectivity index (χ3v) is 9.40. The van der Waals surface area contributed by atoms with E-state index >= 15 is 0 Å². The molecule has 0 aliphatic heterocycles. The van der Waals surface area contributed by atoms with E-state index in [2.05, 4.69) is 41.5 Å². The second-order valence-corrected chi connectivity index (χ2v) is 15.2. The Kier molecular flexibility index (Phi) is 3.73. The number of rotatable bonds is 1. The van der Waals surface area contributed by atoms with Crippen molar-refractivity contribution in [2.24, 2.45) is 0 Å². The Labute approximate surface area is 77.0 Å². The molecule has 0 aliphatic carbocycles. The van der Waals surface area contributed by atoms with E-state index in [1.54, 1.807) is 0 Å². The molecule has 0 aromatic carbocycles. The summed E-state index contributed by atoms with van der Waals surface area (Å²) < 4.78 is 6.50. The Morgan fingerprint density at radius 3 is 1.09 bits per heavy atom. The van der Waals surface area contributed by atoms with Gasteiger partial charge in [-0.1, -0.05) is 0 Å². The normalized spacial score (nSPS) is 13.4. The van der Waals surface area contributed by atoms with Crippen molar-refractivity contribution in [3.63, 3.8) is 0 Å². The molecule has 0 radical (unpaired) electrons. The summed E-state index contributed by atoms with van der Waals surface area (Å²) in [7, 11) is 1.88. The predicted octanol–water partition coefficient (Wildman–Crippen LogP) is 3.22. The average molecular weight is 215 g/mol. The van der Waals surface area contributed by atoms with Crippen LogP contribution < -0.4 is 0 Å². The Hall–Kier alpha value is 0.596. The van der Waals surface area contributed by atoms with Crippen LogP contribution in [0.4, 0.5) is 0 Å². The molecule has 0 saturated carbocycles. The van der Waals surface area contributed by atoms with Gasteiger partial charge < -0.3 is 0 Å². The first-order valence-corrected chi connectivity index (χ1v) is 7.63. The molecule has 66 valence electrons. The first kappa shape index (κ1) is 11.6. The van der Waals surface area contributed by atoms with Gasteiger partial charge in [0.05, 0.1) is 0 Å². The van der Waals surface area contributed by atoms with Crippen molar-refractivity contribution in [1.29, 1.82) is 0 Å². The summed E-state index contributed by atoms with van der Waals surface area (Å²) in [5, 5.41) is 0. The fourth-order valence-corrected chi connectivity index (χ4v) is 10.4. The summed E-state index contributed by atoms with van der Waals surface area (Å²) in [4.78, 5) is 0. The van der Waals surface area contributed by atoms with E-state index in [0.29, 0.717) is 7.94 Å². The third-order valence-electron chi connectivity index (χ3n) is 1.81. The molecule has 0 fully saturated rings. The van der Waals surface area contributed by atoms with Crippen molar-refractivity contribution in [3.05, 3.63) is 0 Å². The summed E-state index contributed by atoms with van der Waals surface area (Å²) in [6, 6.07) is 0. The second kappa shape index (κ2) is 3.54. The van der Waals surface area contributed by atoms with Gasteiger partial charge in [0.1, 0.15) is 0 Å². The van der Waals surface area contributed by atoms with Crippen LogP contribution in [0.3, 0.4) is 0 Å². The molecule has 0 bridgehead atoms. The van der Waals surface area contributed by atoms with Crippen LogP contribution in [0.1, 0.15) is 41.5 Å². The van der Waals surface area contributed by atoms with Gasteiger partial charge in [-0.15, -0.1) is 0 Å². The van der Waals surface area contributed by atoms with Gasteiger partial charge in [-0.25, -0.2) is 0 Å². The predicted molar refractivity (Wildman–Crippen MR) is 52.2 cm³/mol. The Morgan fingerprint density at radius 1 is 0.818 bits per heavy atom. The molecule has 1 nitrogen and oxygen atoms in total. The molecule has 0 atom stereocenters. The van der Waals surface area contributed by atoms with E-state index in [1.807, 2.05) is 7.11 Å². The van der Waals surface area contributed by atoms with Gasteiger partial charge >= 0.3 is 76.7 Å². The molecule has 2 heteroatoms. The van der Waals surface area contributed by atoms with Crippen LogP contribution in [0.5, 0.6) is 0 Å². The standard InChI is InChI=1S/2C4H9.CH3O.Ga/c2*1-4(2)3;1-2;/h2*1-3H3;1H3;/q;;-1;+1. The first-order valence-electron chi connectivity index (χ1n) is 4.22. The topological polar surface area (TPSA) is 9.23 Å². The summed E-state index contributed by atoms with van der Waals surface area (Å²) in [6.07, 6.45) is 0. The van der Waals surface area contributed by atoms with Crippen LogP contribution in [-0.4, -0.2) is 23.7 Å². The molecule has 0 unspecified atom stereocenters. The fourth-order valence-electron chi connectivity index (χ4n) is 2.01. The van der Waals surface area contributed by atoms with Crippen LogP contribution in [-0.2, 0) is 3.53 Å². The van der Waals surface area contributed by atoms with E-state index < -0.39 is 16.6 Å². The van der Waals surface area contributed by atoms with Gasteiger partial charge in [0.2, 0.25) is 0 Å². The van der Waals surface area contributed by atoms with E-state index in [4.69, 9.17) is 3.53 Å². The molecule has 0 aromatic heterocycles. The van der Waals surface area contributed by atoms with Crippen LogP contribution in [0.2, 0.25) is 7.94 Å². The Balaban J connectivity index is 4.43. The second-order valence-electron chi connectivity index (χ2n) is 5.35. The monoisotopic (exact) mass is 214 g/mol. The minimum atomic E-state index is -1.58. The molecule has 11 heavy (non-hydrogen) atoms. The minimum absolute atomic E-state index is 0.417. The van der Waals surface area contributed by atoms with E-state index in [-0.39, 0.29) is 0 Å². The third kappa shape index (κ3) is 3.68. The van der Waals surface area contributed by atoms with Crippen LogP contribution in [0.15, 0.2) is 0 Å². The van der Waals surface area contributed by atoms with E-state index in [9.17, 15) is 0 Å². The van der Waals surface area contributed by atoms with Gasteiger partial charge in [-0.05, 0) is 0 Å². The van der Waals surface area contributed by atoms with Gasteiger partial charge in [0.15, 0.2) is 0 Å². The van der Waals surface area contributed by atoms with Gasteiger partial charge in [0.25, 0.3) is 0 Å². The van der Waals surface area contributed by atoms with E-state index in [1.165, 1.54) is 0 Å². The maximum absolute atomic E-state index is 5.67. The molecule has 0 N–H and O–H groups in total. The number of hydrogen-bond acceptors (Lipinski definition) is 1. The van der Waals surface area contributed by atoms with Crippen molar-refractivity contribution < 1.29 is 3.53 Å². The molecule has 0 heterocycles. The Morgan fingerprint density at radius 2 is 1.09 bits per heavy atom. The summed E-state index contributed by atoms with van der Waals surface area (Å²) >= 11 is -1.58. The van der Waals surface area contributed by atoms with Gasteiger partial charge in [0, 0.05) is 0 Å². The molecular formula is C9H21GaO. The van der Waals surface area contributed by atoms with Gasteiger partial charge in [-0.2, -0.15) is 0 Å². The van der Waals surface area contributed by atoms with Crippen molar-refractivity contribution >= 4 is 16.6 Å². The zero-order valence-electron chi connectivity index (χ0n) is 8.99. The molecular weight excluding hydrogens is 194 g/mol. The fraction of sp³-hybridized carbons (Fsp3) is 1.00. The average Bonchev–Trinajstić information content (AvgIpc) is 1.56. The first-order chi connectivity index (χ1) is 4.69. The molecule has 0 amide bonds. The maximum atomic E-state index is 5.67. The number of hydrogen-bond donors (Lipinski definition) is 0. The molecule has 0 saturated heterocycles. The zero-order chi connectivity index (χ0) is 9.28. The Bertz CT molecular complexity index is 105. The molecule has 0 aliphatic rings. The summed E-state index contributed by atoms with van der Waals surface area (Å²) in [5.74, 6) is 0.